The highest BCUT2D eigenvalue weighted by atomic mass is 32.1. The fourth-order valence-corrected chi connectivity index (χ4v) is 3.67. The molecule has 0 unspecified atom stereocenters. The molecule has 8 heteroatoms. The molecule has 1 aromatic carbocycles. The van der Waals surface area contributed by atoms with Gasteiger partial charge < -0.3 is 25.0 Å². The van der Waals surface area contributed by atoms with Gasteiger partial charge in [0.2, 0.25) is 5.78 Å². The van der Waals surface area contributed by atoms with E-state index in [1.807, 2.05) is 0 Å². The molecule has 0 spiro atoms. The number of phenols is 1. The molecule has 1 aliphatic heterocycles. The van der Waals surface area contributed by atoms with E-state index >= 15 is 0 Å². The molecular weight excluding hydrogens is 370 g/mol. The number of rotatable bonds is 8. The zero-order chi connectivity index (χ0) is 19.4. The molecule has 0 saturated heterocycles. The van der Waals surface area contributed by atoms with E-state index in [1.54, 1.807) is 29.6 Å². The van der Waals surface area contributed by atoms with Gasteiger partial charge in [-0.2, -0.15) is 0 Å². The number of hydrogen-bond donors (Lipinski definition) is 3. The summed E-state index contributed by atoms with van der Waals surface area (Å²) in [6.45, 7) is 0.275. The number of amides is 1. The smallest absolute Gasteiger partial charge is 0.290 e. The molecule has 7 nitrogen and oxygen atoms in total. The van der Waals surface area contributed by atoms with Crippen LogP contribution in [-0.4, -0.2) is 58.3 Å². The minimum Gasteiger partial charge on any atom is -0.508 e. The Kier molecular flexibility index (Phi) is 5.90. The molecule has 0 bridgehead atoms. The van der Waals surface area contributed by atoms with Crippen LogP contribution in [0.5, 0.6) is 5.75 Å². The van der Waals surface area contributed by atoms with Crippen molar-refractivity contribution in [3.8, 4) is 5.75 Å². The van der Waals surface area contributed by atoms with Crippen molar-refractivity contribution < 1.29 is 29.6 Å². The fraction of sp³-hybridized carbons (Fsp3) is 0.263. The molecule has 1 aliphatic rings. The lowest BCUT2D eigenvalue weighted by Gasteiger charge is -2.26. The average molecular weight is 389 g/mol. The van der Waals surface area contributed by atoms with Crippen LogP contribution in [0.2, 0.25) is 0 Å². The summed E-state index contributed by atoms with van der Waals surface area (Å²) in [5.74, 6) is -1.58. The summed E-state index contributed by atoms with van der Waals surface area (Å²) in [5.41, 5.74) is 0.600. The Morgan fingerprint density at radius 3 is 2.52 bits per heavy atom. The first-order valence-electron chi connectivity index (χ1n) is 8.34. The number of aromatic hydroxyl groups is 1. The highest BCUT2D eigenvalue weighted by Gasteiger charge is 2.43. The number of carbonyl (C=O) groups excluding carboxylic acids is 2. The average Bonchev–Trinajstić information content (AvgIpc) is 3.28. The molecular formula is C19H19NO6S. The second-order valence-corrected chi connectivity index (χ2v) is 6.84. The molecule has 2 aromatic rings. The maximum atomic E-state index is 12.9. The molecule has 1 aromatic heterocycles. The monoisotopic (exact) mass is 389 g/mol. The molecule has 3 N–H and O–H groups in total. The second-order valence-electron chi connectivity index (χ2n) is 5.90. The van der Waals surface area contributed by atoms with Gasteiger partial charge in [0.1, 0.15) is 5.75 Å². The summed E-state index contributed by atoms with van der Waals surface area (Å²) in [6.07, 6.45) is 0. The number of carbonyl (C=O) groups is 2. The summed E-state index contributed by atoms with van der Waals surface area (Å²) >= 11 is 1.23. The van der Waals surface area contributed by atoms with Crippen LogP contribution >= 0.6 is 11.3 Å². The van der Waals surface area contributed by atoms with Crippen LogP contribution in [0, 0.1) is 0 Å². The van der Waals surface area contributed by atoms with Gasteiger partial charge in [0.15, 0.2) is 5.76 Å². The Balaban J connectivity index is 1.96. The number of nitrogens with zero attached hydrogens (tertiary/aromatic N) is 1. The highest BCUT2D eigenvalue weighted by molar-refractivity contribution is 7.12. The zero-order valence-corrected chi connectivity index (χ0v) is 15.2. The molecule has 0 radical (unpaired) electrons. The number of hydrogen-bond acceptors (Lipinski definition) is 7. The Hall–Kier alpha value is -2.68. The van der Waals surface area contributed by atoms with E-state index in [-0.39, 0.29) is 37.7 Å². The molecule has 1 amide bonds. The molecule has 2 heterocycles. The third-order valence-electron chi connectivity index (χ3n) is 4.21. The predicted molar refractivity (Wildman–Crippen MR) is 98.8 cm³/mol. The largest absolute Gasteiger partial charge is 0.508 e. The SMILES string of the molecule is O=C(C1=C(O)C(=O)N(CCOCCO)[C@H]1c1ccc(O)cc1)c1cccs1. The lowest BCUT2D eigenvalue weighted by molar-refractivity contribution is -0.130. The van der Waals surface area contributed by atoms with Crippen LogP contribution in [0.3, 0.4) is 0 Å². The molecule has 1 atom stereocenters. The fourth-order valence-electron chi connectivity index (χ4n) is 2.99. The van der Waals surface area contributed by atoms with Gasteiger partial charge in [-0.3, -0.25) is 9.59 Å². The molecule has 27 heavy (non-hydrogen) atoms. The summed E-state index contributed by atoms with van der Waals surface area (Å²) in [5, 5.41) is 30.5. The summed E-state index contributed by atoms with van der Waals surface area (Å²) in [7, 11) is 0. The van der Waals surface area contributed by atoms with Crippen molar-refractivity contribution in [1.29, 1.82) is 0 Å². The Morgan fingerprint density at radius 2 is 1.89 bits per heavy atom. The van der Waals surface area contributed by atoms with E-state index in [4.69, 9.17) is 9.84 Å². The van der Waals surface area contributed by atoms with Gasteiger partial charge in [-0.1, -0.05) is 18.2 Å². The number of phenolic OH excluding ortho intramolecular Hbond substituents is 1. The van der Waals surface area contributed by atoms with Gasteiger partial charge in [0, 0.05) is 6.54 Å². The molecule has 0 saturated carbocycles. The zero-order valence-electron chi connectivity index (χ0n) is 14.4. The maximum Gasteiger partial charge on any atom is 0.290 e. The van der Waals surface area contributed by atoms with Crippen LogP contribution in [0.4, 0.5) is 0 Å². The Morgan fingerprint density at radius 1 is 1.15 bits per heavy atom. The van der Waals surface area contributed by atoms with Crippen molar-refractivity contribution in [2.24, 2.45) is 0 Å². The van der Waals surface area contributed by atoms with Gasteiger partial charge in [-0.05, 0) is 29.1 Å². The quantitative estimate of drug-likeness (QED) is 0.471. The lowest BCUT2D eigenvalue weighted by Crippen LogP contribution is -2.34. The van der Waals surface area contributed by atoms with Crippen molar-refractivity contribution in [3.05, 3.63) is 63.6 Å². The number of benzene rings is 1. The first kappa shape index (κ1) is 19.1. The molecule has 3 rings (SSSR count). The molecule has 0 fully saturated rings. The normalized spacial score (nSPS) is 17.0. The van der Waals surface area contributed by atoms with E-state index in [1.165, 1.54) is 28.4 Å². The van der Waals surface area contributed by atoms with Gasteiger partial charge in [0.25, 0.3) is 5.91 Å². The van der Waals surface area contributed by atoms with E-state index in [0.29, 0.717) is 10.4 Å². The van der Waals surface area contributed by atoms with Crippen LogP contribution in [0.25, 0.3) is 0 Å². The maximum absolute atomic E-state index is 12.9. The van der Waals surface area contributed by atoms with Crippen LogP contribution in [0.1, 0.15) is 21.3 Å². The van der Waals surface area contributed by atoms with Crippen molar-refractivity contribution in [1.82, 2.24) is 4.90 Å². The summed E-state index contributed by atoms with van der Waals surface area (Å²) < 4.78 is 5.23. The summed E-state index contributed by atoms with van der Waals surface area (Å²) in [6, 6.07) is 8.71. The first-order chi connectivity index (χ1) is 13.0. The van der Waals surface area contributed by atoms with Gasteiger partial charge in [0.05, 0.1) is 36.3 Å². The van der Waals surface area contributed by atoms with Crippen LogP contribution in [0.15, 0.2) is 53.1 Å². The van der Waals surface area contributed by atoms with E-state index < -0.39 is 23.5 Å². The summed E-state index contributed by atoms with van der Waals surface area (Å²) in [4.78, 5) is 27.3. The number of ketones is 1. The van der Waals surface area contributed by atoms with Crippen molar-refractivity contribution in [2.75, 3.05) is 26.4 Å². The molecule has 142 valence electrons. The van der Waals surface area contributed by atoms with Gasteiger partial charge >= 0.3 is 0 Å². The van der Waals surface area contributed by atoms with Gasteiger partial charge in [-0.15, -0.1) is 11.3 Å². The van der Waals surface area contributed by atoms with Crippen molar-refractivity contribution >= 4 is 23.0 Å². The standard InChI is InChI=1S/C19H19NO6S/c21-8-10-26-9-7-20-16(12-3-5-13(22)6-4-12)15(18(24)19(20)25)17(23)14-2-1-11-27-14/h1-6,11,16,21-22,24H,7-10H2/t16-/m0/s1. The van der Waals surface area contributed by atoms with Crippen molar-refractivity contribution in [3.63, 3.8) is 0 Å². The lowest BCUT2D eigenvalue weighted by atomic mass is 9.95. The first-order valence-corrected chi connectivity index (χ1v) is 9.22. The number of thiophene rings is 1. The third-order valence-corrected chi connectivity index (χ3v) is 5.08. The van der Waals surface area contributed by atoms with Crippen LogP contribution in [-0.2, 0) is 9.53 Å². The third kappa shape index (κ3) is 3.87. The number of ether oxygens (including phenoxy) is 1. The number of Topliss-reactive ketones (excluding diaryl/α,β-unsaturated/α-hetero) is 1. The van der Waals surface area contributed by atoms with Crippen LogP contribution < -0.4 is 0 Å². The highest BCUT2D eigenvalue weighted by Crippen LogP contribution is 2.39. The van der Waals surface area contributed by atoms with E-state index in [0.717, 1.165) is 0 Å². The van der Waals surface area contributed by atoms with Crippen molar-refractivity contribution in [2.45, 2.75) is 6.04 Å². The molecule has 0 aliphatic carbocycles. The minimum absolute atomic E-state index is 0.00954. The topological polar surface area (TPSA) is 107 Å². The number of aliphatic hydroxyl groups is 2. The second kappa shape index (κ2) is 8.34. The van der Waals surface area contributed by atoms with E-state index in [2.05, 4.69) is 0 Å². The predicted octanol–water partition coefficient (Wildman–Crippen LogP) is 2.04. The van der Waals surface area contributed by atoms with E-state index in [9.17, 15) is 19.8 Å². The Bertz CT molecular complexity index is 844. The number of aliphatic hydroxyl groups excluding tert-OH is 2. The Labute approximate surface area is 159 Å². The van der Waals surface area contributed by atoms with Gasteiger partial charge in [-0.25, -0.2) is 0 Å². The minimum atomic E-state index is -0.787.